The van der Waals surface area contributed by atoms with Crippen molar-refractivity contribution < 1.29 is 0 Å². The minimum absolute atomic E-state index is 0.384. The summed E-state index contributed by atoms with van der Waals surface area (Å²) in [6, 6.07) is 31.8. The number of aliphatic imine (C=N–C) groups is 1. The summed E-state index contributed by atoms with van der Waals surface area (Å²) in [4.78, 5) is 11.2. The van der Waals surface area contributed by atoms with Gasteiger partial charge in [0.2, 0.25) is 0 Å². The van der Waals surface area contributed by atoms with Crippen LogP contribution in [0.25, 0.3) is 10.8 Å². The molecule has 4 aromatic rings. The molecule has 0 saturated heterocycles. The summed E-state index contributed by atoms with van der Waals surface area (Å²) in [6.45, 7) is 2.97. The molecule has 1 unspecified atom stereocenters. The van der Waals surface area contributed by atoms with E-state index in [2.05, 4.69) is 119 Å². The zero-order valence-corrected chi connectivity index (χ0v) is 20.2. The number of rotatable bonds is 7. The maximum absolute atomic E-state index is 4.51. The van der Waals surface area contributed by atoms with Crippen molar-refractivity contribution in [3.05, 3.63) is 114 Å². The first kappa shape index (κ1) is 23.7. The highest BCUT2D eigenvalue weighted by Gasteiger charge is 2.15. The molecule has 0 spiro atoms. The summed E-state index contributed by atoms with van der Waals surface area (Å²) in [5.74, 6) is 1.51. The lowest BCUT2D eigenvalue weighted by atomic mass is 9.92. The Labute approximate surface area is 203 Å². The first-order chi connectivity index (χ1) is 16.7. The topological polar surface area (TPSA) is 40.5 Å². The molecule has 0 amide bonds. The Morgan fingerprint density at radius 2 is 1.62 bits per heavy atom. The molecule has 1 N–H and O–H groups in total. The van der Waals surface area contributed by atoms with Crippen molar-refractivity contribution in [2.45, 2.75) is 18.8 Å². The number of amidine groups is 1. The fourth-order valence-electron chi connectivity index (χ4n) is 4.33. The van der Waals surface area contributed by atoms with Gasteiger partial charge in [-0.3, -0.25) is 9.98 Å². The van der Waals surface area contributed by atoms with Gasteiger partial charge in [-0.15, -0.1) is 0 Å². The summed E-state index contributed by atoms with van der Waals surface area (Å²) in [5, 5.41) is 5.96. The molecule has 1 aliphatic rings. The number of nitrogens with zero attached hydrogens (tertiary/aromatic N) is 3. The molecule has 1 atom stereocenters. The van der Waals surface area contributed by atoms with Crippen molar-refractivity contribution in [2.75, 3.05) is 33.7 Å². The van der Waals surface area contributed by atoms with E-state index in [0.29, 0.717) is 5.92 Å². The quantitative estimate of drug-likeness (QED) is 0.401. The summed E-state index contributed by atoms with van der Waals surface area (Å²) in [7, 11) is 4.22. The van der Waals surface area contributed by atoms with Crippen LogP contribution < -0.4 is 5.32 Å². The second-order valence-corrected chi connectivity index (χ2v) is 8.88. The molecule has 0 aliphatic carbocycles. The number of benzene rings is 3. The number of nitrogens with one attached hydrogen (secondary N) is 1. The SMILES string of the molecule is CN(C)CCC(c1ccccc1)c1ccccn1.c1ccc2c(CC3=NCCN3)cccc2c1. The monoisotopic (exact) mass is 450 g/mol. The Kier molecular flexibility index (Phi) is 8.42. The van der Waals surface area contributed by atoms with Crippen LogP contribution in [0.1, 0.15) is 29.2 Å². The van der Waals surface area contributed by atoms with E-state index in [1.807, 2.05) is 12.3 Å². The van der Waals surface area contributed by atoms with Crippen LogP contribution in [0, 0.1) is 0 Å². The van der Waals surface area contributed by atoms with Gasteiger partial charge in [0.15, 0.2) is 0 Å². The first-order valence-corrected chi connectivity index (χ1v) is 12.0. The lowest BCUT2D eigenvalue weighted by molar-refractivity contribution is 0.389. The molecule has 0 radical (unpaired) electrons. The van der Waals surface area contributed by atoms with Crippen LogP contribution in [-0.4, -0.2) is 49.4 Å². The van der Waals surface area contributed by atoms with E-state index in [4.69, 9.17) is 0 Å². The Bertz CT molecular complexity index is 1140. The molecular weight excluding hydrogens is 416 g/mol. The van der Waals surface area contributed by atoms with E-state index in [9.17, 15) is 0 Å². The van der Waals surface area contributed by atoms with E-state index in [0.717, 1.165) is 44.0 Å². The molecule has 174 valence electrons. The first-order valence-electron chi connectivity index (χ1n) is 12.0. The minimum Gasteiger partial charge on any atom is -0.372 e. The predicted molar refractivity (Wildman–Crippen MR) is 144 cm³/mol. The maximum atomic E-state index is 4.51. The second kappa shape index (κ2) is 12.1. The van der Waals surface area contributed by atoms with Crippen molar-refractivity contribution in [3.63, 3.8) is 0 Å². The van der Waals surface area contributed by atoms with Crippen LogP contribution in [0.15, 0.2) is 102 Å². The number of hydrogen-bond donors (Lipinski definition) is 1. The van der Waals surface area contributed by atoms with Crippen LogP contribution in [0.3, 0.4) is 0 Å². The van der Waals surface area contributed by atoms with E-state index in [-0.39, 0.29) is 0 Å². The number of pyridine rings is 1. The fourth-order valence-corrected chi connectivity index (χ4v) is 4.33. The Morgan fingerprint density at radius 1 is 0.853 bits per heavy atom. The van der Waals surface area contributed by atoms with Gasteiger partial charge in [0.1, 0.15) is 5.84 Å². The van der Waals surface area contributed by atoms with Crippen molar-refractivity contribution in [3.8, 4) is 0 Å². The van der Waals surface area contributed by atoms with Gasteiger partial charge in [-0.05, 0) is 61.1 Å². The average Bonchev–Trinajstić information content (AvgIpc) is 3.39. The molecule has 3 aromatic carbocycles. The predicted octanol–water partition coefficient (Wildman–Crippen LogP) is 5.55. The van der Waals surface area contributed by atoms with Gasteiger partial charge in [0.25, 0.3) is 0 Å². The highest BCUT2D eigenvalue weighted by Crippen LogP contribution is 2.26. The summed E-state index contributed by atoms with van der Waals surface area (Å²) in [6.07, 6.45) is 3.89. The smallest absolute Gasteiger partial charge is 0.101 e. The minimum atomic E-state index is 0.384. The zero-order valence-electron chi connectivity index (χ0n) is 20.2. The standard InChI is InChI=1S/C16H20N2.C14H14N2/c1-18(2)13-11-15(14-8-4-3-5-9-14)16-10-6-7-12-17-16;1-2-7-13-11(4-1)5-3-6-12(13)10-14-15-8-9-16-14/h3-10,12,15H,11,13H2,1-2H3;1-7H,8-10H2,(H,15,16). The molecule has 0 bridgehead atoms. The van der Waals surface area contributed by atoms with E-state index in [1.165, 1.54) is 21.9 Å². The Morgan fingerprint density at radius 3 is 2.35 bits per heavy atom. The molecule has 1 aliphatic heterocycles. The highest BCUT2D eigenvalue weighted by atomic mass is 15.1. The molecule has 34 heavy (non-hydrogen) atoms. The van der Waals surface area contributed by atoms with Gasteiger partial charge in [0.05, 0.1) is 6.54 Å². The van der Waals surface area contributed by atoms with Crippen molar-refractivity contribution in [1.29, 1.82) is 0 Å². The van der Waals surface area contributed by atoms with Gasteiger partial charge in [0, 0.05) is 30.8 Å². The van der Waals surface area contributed by atoms with Crippen molar-refractivity contribution >= 4 is 16.6 Å². The van der Waals surface area contributed by atoms with Gasteiger partial charge in [-0.2, -0.15) is 0 Å². The molecule has 1 aromatic heterocycles. The third-order valence-electron chi connectivity index (χ3n) is 6.09. The van der Waals surface area contributed by atoms with Crippen LogP contribution in [-0.2, 0) is 6.42 Å². The maximum Gasteiger partial charge on any atom is 0.101 e. The van der Waals surface area contributed by atoms with Crippen molar-refractivity contribution in [1.82, 2.24) is 15.2 Å². The Hall–Kier alpha value is -3.50. The summed E-state index contributed by atoms with van der Waals surface area (Å²) in [5.41, 5.74) is 3.86. The average molecular weight is 451 g/mol. The van der Waals surface area contributed by atoms with Gasteiger partial charge >= 0.3 is 0 Å². The molecule has 2 heterocycles. The Balaban J connectivity index is 0.000000162. The molecule has 0 saturated carbocycles. The van der Waals surface area contributed by atoms with Crippen LogP contribution >= 0.6 is 0 Å². The fraction of sp³-hybridized carbons (Fsp3) is 0.267. The van der Waals surface area contributed by atoms with Gasteiger partial charge < -0.3 is 10.2 Å². The molecular formula is C30H34N4. The largest absolute Gasteiger partial charge is 0.372 e. The highest BCUT2D eigenvalue weighted by molar-refractivity contribution is 5.92. The zero-order chi connectivity index (χ0) is 23.6. The molecule has 4 heteroatoms. The van der Waals surface area contributed by atoms with E-state index >= 15 is 0 Å². The summed E-state index contributed by atoms with van der Waals surface area (Å²) < 4.78 is 0. The molecule has 5 rings (SSSR count). The third kappa shape index (κ3) is 6.52. The summed E-state index contributed by atoms with van der Waals surface area (Å²) >= 11 is 0. The van der Waals surface area contributed by atoms with E-state index in [1.54, 1.807) is 0 Å². The number of fused-ring (bicyclic) bond motifs is 1. The van der Waals surface area contributed by atoms with Crippen LogP contribution in [0.5, 0.6) is 0 Å². The van der Waals surface area contributed by atoms with Gasteiger partial charge in [-0.25, -0.2) is 0 Å². The normalized spacial score (nSPS) is 13.7. The van der Waals surface area contributed by atoms with Crippen LogP contribution in [0.4, 0.5) is 0 Å². The molecule has 0 fully saturated rings. The molecule has 4 nitrogen and oxygen atoms in total. The van der Waals surface area contributed by atoms with Crippen LogP contribution in [0.2, 0.25) is 0 Å². The lowest BCUT2D eigenvalue weighted by Crippen LogP contribution is -2.20. The lowest BCUT2D eigenvalue weighted by Gasteiger charge is -2.19. The van der Waals surface area contributed by atoms with E-state index < -0.39 is 0 Å². The number of hydrogen-bond acceptors (Lipinski definition) is 4. The number of aromatic nitrogens is 1. The third-order valence-corrected chi connectivity index (χ3v) is 6.09. The van der Waals surface area contributed by atoms with Gasteiger partial charge in [-0.1, -0.05) is 78.9 Å². The van der Waals surface area contributed by atoms with Crippen molar-refractivity contribution in [2.24, 2.45) is 4.99 Å². The second-order valence-electron chi connectivity index (χ2n) is 8.88.